The molecular weight excluding hydrogens is 444 g/mol. The van der Waals surface area contributed by atoms with E-state index in [1.165, 1.54) is 24.0 Å². The van der Waals surface area contributed by atoms with E-state index >= 15 is 0 Å². The minimum Gasteiger partial charge on any atom is -0.341 e. The fraction of sp³-hybridized carbons (Fsp3) is 0.400. The van der Waals surface area contributed by atoms with Gasteiger partial charge in [-0.15, -0.1) is 0 Å². The van der Waals surface area contributed by atoms with E-state index in [0.29, 0.717) is 35.5 Å². The van der Waals surface area contributed by atoms with Gasteiger partial charge < -0.3 is 20.6 Å². The van der Waals surface area contributed by atoms with Gasteiger partial charge in [-0.25, -0.2) is 9.97 Å². The van der Waals surface area contributed by atoms with Crippen molar-refractivity contribution < 1.29 is 0 Å². The van der Waals surface area contributed by atoms with E-state index < -0.39 is 0 Å². The van der Waals surface area contributed by atoms with Gasteiger partial charge >= 0.3 is 0 Å². The number of hydrogen-bond acceptors (Lipinski definition) is 4. The summed E-state index contributed by atoms with van der Waals surface area (Å²) in [5.74, 6) is 2.77. The maximum atomic E-state index is 4.68. The summed E-state index contributed by atoms with van der Waals surface area (Å²) in [7, 11) is 0. The molecule has 2 aromatic heterocycles. The molecule has 7 rings (SSSR count). The molecule has 6 nitrogen and oxygen atoms in total. The molecule has 2 aromatic carbocycles. The van der Waals surface area contributed by atoms with E-state index in [2.05, 4.69) is 99.9 Å². The second-order valence-electron chi connectivity index (χ2n) is 11.6. The molecule has 4 heterocycles. The zero-order chi connectivity index (χ0) is 24.4. The average Bonchev–Trinajstić information content (AvgIpc) is 3.47. The van der Waals surface area contributed by atoms with Gasteiger partial charge in [-0.05, 0) is 59.8 Å². The van der Waals surface area contributed by atoms with E-state index in [0.717, 1.165) is 40.6 Å². The summed E-state index contributed by atoms with van der Waals surface area (Å²) in [6.07, 6.45) is 7.53. The molecule has 2 saturated heterocycles. The molecule has 6 atom stereocenters. The van der Waals surface area contributed by atoms with Gasteiger partial charge in [0.2, 0.25) is 0 Å². The fourth-order valence-electron chi connectivity index (χ4n) is 6.16. The maximum Gasteiger partial charge on any atom is 0.123 e. The number of imidazole rings is 2. The average molecular weight is 479 g/mol. The van der Waals surface area contributed by atoms with Gasteiger partial charge in [-0.2, -0.15) is 0 Å². The van der Waals surface area contributed by atoms with Crippen LogP contribution in [0, 0.1) is 11.3 Å². The van der Waals surface area contributed by atoms with E-state index in [-0.39, 0.29) is 0 Å². The molecule has 3 fully saturated rings. The first-order chi connectivity index (χ1) is 17.4. The van der Waals surface area contributed by atoms with Gasteiger partial charge in [0.1, 0.15) is 11.6 Å². The van der Waals surface area contributed by atoms with Gasteiger partial charge in [-0.3, -0.25) is 0 Å². The van der Waals surface area contributed by atoms with E-state index in [4.69, 9.17) is 0 Å². The predicted octanol–water partition coefficient (Wildman–Crippen LogP) is 6.01. The Bertz CT molecular complexity index is 1290. The quantitative estimate of drug-likeness (QED) is 0.283. The summed E-state index contributed by atoms with van der Waals surface area (Å²) in [4.78, 5) is 16.4. The van der Waals surface area contributed by atoms with Gasteiger partial charge in [0, 0.05) is 12.1 Å². The van der Waals surface area contributed by atoms with E-state index in [1.54, 1.807) is 0 Å². The van der Waals surface area contributed by atoms with Gasteiger partial charge in [-0.1, -0.05) is 62.4 Å². The molecule has 6 heteroatoms. The summed E-state index contributed by atoms with van der Waals surface area (Å²) in [6, 6.07) is 19.3. The minimum absolute atomic E-state index is 0.316. The highest BCUT2D eigenvalue weighted by molar-refractivity contribution is 5.71. The number of hydrogen-bond donors (Lipinski definition) is 4. The molecule has 2 aliphatic heterocycles. The highest BCUT2D eigenvalue weighted by Crippen LogP contribution is 2.57. The summed E-state index contributed by atoms with van der Waals surface area (Å²) >= 11 is 0. The van der Waals surface area contributed by atoms with Crippen LogP contribution in [-0.2, 0) is 0 Å². The Morgan fingerprint density at radius 3 is 1.69 bits per heavy atom. The summed E-state index contributed by atoms with van der Waals surface area (Å²) in [5.41, 5.74) is 7.37. The van der Waals surface area contributed by atoms with Crippen LogP contribution in [0.25, 0.3) is 33.6 Å². The fourth-order valence-corrected chi connectivity index (χ4v) is 6.16. The minimum atomic E-state index is 0.316. The van der Waals surface area contributed by atoms with Crippen molar-refractivity contribution in [3.8, 4) is 33.6 Å². The third kappa shape index (κ3) is 3.80. The van der Waals surface area contributed by atoms with Crippen LogP contribution in [0.1, 0.15) is 63.8 Å². The van der Waals surface area contributed by atoms with Crippen molar-refractivity contribution in [3.05, 3.63) is 72.6 Å². The van der Waals surface area contributed by atoms with Crippen molar-refractivity contribution in [2.45, 2.75) is 64.2 Å². The number of aromatic amines is 2. The molecule has 0 amide bonds. The largest absolute Gasteiger partial charge is 0.341 e. The van der Waals surface area contributed by atoms with Crippen LogP contribution in [0.2, 0.25) is 0 Å². The second-order valence-corrected chi connectivity index (χ2v) is 11.6. The summed E-state index contributed by atoms with van der Waals surface area (Å²) in [6.45, 7) is 6.93. The molecule has 0 radical (unpaired) electrons. The Morgan fingerprint density at radius 1 is 0.694 bits per heavy atom. The number of piperidine rings is 1. The van der Waals surface area contributed by atoms with Crippen molar-refractivity contribution in [1.29, 1.82) is 0 Å². The molecule has 1 aliphatic carbocycles. The van der Waals surface area contributed by atoms with E-state index in [1.807, 2.05) is 12.4 Å². The van der Waals surface area contributed by atoms with Crippen LogP contribution in [-0.4, -0.2) is 32.0 Å². The lowest BCUT2D eigenvalue weighted by atomic mass is 10.0. The standard InChI is InChI=1S/C30H34N6/c1-17-12-23(33-18(17)2)28-31-15-25(35-28)21-8-4-19(5-9-21)20-6-10-22(11-7-20)26-16-32-29(36-26)24-13-30(3)14-27(30)34-24/h4-11,15-18,23-24,27,33-34H,12-14H2,1-3H3,(H,31,35)(H,32,36)/t17?,18?,23-,24-,27?,30-/m0/s1. The molecule has 184 valence electrons. The van der Waals surface area contributed by atoms with Crippen molar-refractivity contribution in [3.63, 3.8) is 0 Å². The van der Waals surface area contributed by atoms with Crippen molar-refractivity contribution in [2.24, 2.45) is 11.3 Å². The Balaban J connectivity index is 1.04. The van der Waals surface area contributed by atoms with E-state index in [9.17, 15) is 0 Å². The number of nitrogens with zero attached hydrogens (tertiary/aromatic N) is 2. The smallest absolute Gasteiger partial charge is 0.123 e. The molecule has 0 bridgehead atoms. The highest BCUT2D eigenvalue weighted by atomic mass is 15.1. The normalized spacial score (nSPS) is 31.0. The summed E-state index contributed by atoms with van der Waals surface area (Å²) < 4.78 is 0. The molecular formula is C30H34N6. The second kappa shape index (κ2) is 8.15. The Hall–Kier alpha value is -3.22. The summed E-state index contributed by atoms with van der Waals surface area (Å²) in [5, 5.41) is 7.36. The van der Waals surface area contributed by atoms with Gasteiger partial charge in [0.15, 0.2) is 0 Å². The number of aromatic nitrogens is 4. The van der Waals surface area contributed by atoms with Crippen LogP contribution in [0.4, 0.5) is 0 Å². The van der Waals surface area contributed by atoms with Crippen molar-refractivity contribution >= 4 is 0 Å². The van der Waals surface area contributed by atoms with Gasteiger partial charge in [0.05, 0.1) is 35.9 Å². The maximum absolute atomic E-state index is 4.68. The zero-order valence-electron chi connectivity index (χ0n) is 21.2. The van der Waals surface area contributed by atoms with Crippen LogP contribution >= 0.6 is 0 Å². The molecule has 36 heavy (non-hydrogen) atoms. The first kappa shape index (κ1) is 22.0. The van der Waals surface area contributed by atoms with Crippen LogP contribution in [0.5, 0.6) is 0 Å². The molecule has 3 aliphatic rings. The number of H-pyrrole nitrogens is 2. The van der Waals surface area contributed by atoms with Crippen LogP contribution < -0.4 is 10.6 Å². The first-order valence-electron chi connectivity index (χ1n) is 13.3. The Labute approximate surface area is 212 Å². The van der Waals surface area contributed by atoms with Crippen LogP contribution in [0.15, 0.2) is 60.9 Å². The third-order valence-electron chi connectivity index (χ3n) is 8.93. The van der Waals surface area contributed by atoms with Crippen molar-refractivity contribution in [2.75, 3.05) is 0 Å². The number of nitrogens with one attached hydrogen (secondary N) is 4. The molecule has 4 N–H and O–H groups in total. The molecule has 4 aromatic rings. The first-order valence-corrected chi connectivity index (χ1v) is 13.3. The van der Waals surface area contributed by atoms with Crippen LogP contribution in [0.3, 0.4) is 0 Å². The lowest BCUT2D eigenvalue weighted by molar-refractivity contribution is 0.488. The Morgan fingerprint density at radius 2 is 1.22 bits per heavy atom. The van der Waals surface area contributed by atoms with Gasteiger partial charge in [0.25, 0.3) is 0 Å². The highest BCUT2D eigenvalue weighted by Gasteiger charge is 2.57. The van der Waals surface area contributed by atoms with Crippen molar-refractivity contribution in [1.82, 2.24) is 30.6 Å². The third-order valence-corrected chi connectivity index (χ3v) is 8.93. The lowest BCUT2D eigenvalue weighted by Gasteiger charge is -2.11. The number of fused-ring (bicyclic) bond motifs is 1. The lowest BCUT2D eigenvalue weighted by Crippen LogP contribution is -2.24. The number of benzene rings is 2. The zero-order valence-corrected chi connectivity index (χ0v) is 21.2. The monoisotopic (exact) mass is 478 g/mol. The number of rotatable bonds is 5. The Kier molecular flexibility index (Phi) is 4.98. The molecule has 0 spiro atoms. The SMILES string of the molecule is CC1C[C@@H](c2ncc(-c3ccc(-c4ccc(-c5cnc([C@@H]6C[C@@]7(C)CC7N6)[nH]5)cc4)cc3)[nH]2)NC1C. The molecule has 3 unspecified atom stereocenters. The predicted molar refractivity (Wildman–Crippen MR) is 143 cm³/mol. The topological polar surface area (TPSA) is 81.4 Å². The molecule has 1 saturated carbocycles.